The minimum absolute atomic E-state index is 0.0689. The molecule has 0 atom stereocenters. The lowest BCUT2D eigenvalue weighted by Gasteiger charge is -2.37. The van der Waals surface area contributed by atoms with Crippen molar-refractivity contribution in [1.29, 1.82) is 0 Å². The van der Waals surface area contributed by atoms with Crippen molar-refractivity contribution >= 4 is 27.8 Å². The zero-order valence-corrected chi connectivity index (χ0v) is 32.2. The number of hydrogen-bond acceptors (Lipinski definition) is 1. The zero-order valence-electron chi connectivity index (χ0n) is 32.2. The predicted octanol–water partition coefficient (Wildman–Crippen LogP) is 15.2. The molecule has 0 amide bonds. The van der Waals surface area contributed by atoms with Crippen LogP contribution in [0.5, 0.6) is 0 Å². The van der Waals surface area contributed by atoms with Gasteiger partial charge in [0.2, 0.25) is 0 Å². The number of fused-ring (bicyclic) bond motifs is 9. The molecule has 0 heterocycles. The van der Waals surface area contributed by atoms with Gasteiger partial charge in [0.15, 0.2) is 0 Å². The molecule has 8 aromatic rings. The van der Waals surface area contributed by atoms with Gasteiger partial charge in [-0.3, -0.25) is 0 Å². The maximum absolute atomic E-state index is 2.56. The first-order valence-corrected chi connectivity index (χ1v) is 20.5. The van der Waals surface area contributed by atoms with Gasteiger partial charge in [0, 0.05) is 27.8 Å². The van der Waals surface area contributed by atoms with Crippen LogP contribution in [0.2, 0.25) is 0 Å². The first kappa shape index (κ1) is 33.2. The fraction of sp³-hybridized carbons (Fsp3) is 0.164. The van der Waals surface area contributed by atoms with Crippen LogP contribution in [0.3, 0.4) is 0 Å². The average Bonchev–Trinajstić information content (AvgIpc) is 3.66. The highest BCUT2D eigenvalue weighted by Crippen LogP contribution is 2.58. The Bertz CT molecular complexity index is 2800. The fourth-order valence-electron chi connectivity index (χ4n) is 10.9. The van der Waals surface area contributed by atoms with Crippen LogP contribution in [-0.2, 0) is 10.8 Å². The van der Waals surface area contributed by atoms with E-state index in [9.17, 15) is 0 Å². The molecule has 0 aromatic heterocycles. The Morgan fingerprint density at radius 3 is 1.86 bits per heavy atom. The van der Waals surface area contributed by atoms with Crippen LogP contribution in [0, 0.1) is 0 Å². The Hall–Kier alpha value is -6.18. The van der Waals surface area contributed by atoms with Crippen LogP contribution in [0.15, 0.2) is 176 Å². The molecule has 0 radical (unpaired) electrons. The molecule has 0 aliphatic heterocycles. The summed E-state index contributed by atoms with van der Waals surface area (Å²) in [6, 6.07) is 66.3. The Morgan fingerprint density at radius 1 is 0.429 bits per heavy atom. The normalized spacial score (nSPS) is 15.6. The minimum atomic E-state index is -0.0834. The molecule has 0 bridgehead atoms. The molecule has 1 fully saturated rings. The average molecular weight is 720 g/mol. The third-order valence-electron chi connectivity index (χ3n) is 13.4. The van der Waals surface area contributed by atoms with Crippen molar-refractivity contribution in [2.24, 2.45) is 0 Å². The number of hydrogen-bond donors (Lipinski definition) is 0. The second kappa shape index (κ2) is 12.7. The lowest BCUT2D eigenvalue weighted by Crippen LogP contribution is -2.28. The largest absolute Gasteiger partial charge is 0.310 e. The fourth-order valence-corrected chi connectivity index (χ4v) is 10.9. The molecule has 0 N–H and O–H groups in total. The molecule has 0 saturated heterocycles. The molecule has 56 heavy (non-hydrogen) atoms. The summed E-state index contributed by atoms with van der Waals surface area (Å²) in [5.41, 5.74) is 20.0. The third-order valence-corrected chi connectivity index (χ3v) is 13.4. The predicted molar refractivity (Wildman–Crippen MR) is 236 cm³/mol. The topological polar surface area (TPSA) is 3.24 Å². The molecule has 8 aromatic carbocycles. The van der Waals surface area contributed by atoms with Crippen LogP contribution in [0.4, 0.5) is 17.1 Å². The molecule has 1 saturated carbocycles. The van der Waals surface area contributed by atoms with Crippen molar-refractivity contribution in [3.63, 3.8) is 0 Å². The highest BCUT2D eigenvalue weighted by molar-refractivity contribution is 6.05. The number of benzene rings is 8. The zero-order chi connectivity index (χ0) is 37.4. The van der Waals surface area contributed by atoms with Gasteiger partial charge in [-0.05, 0) is 115 Å². The lowest BCUT2D eigenvalue weighted by atomic mass is 9.68. The summed E-state index contributed by atoms with van der Waals surface area (Å²) in [4.78, 5) is 2.54. The summed E-state index contributed by atoms with van der Waals surface area (Å²) in [7, 11) is 0. The number of anilines is 3. The Kier molecular flexibility index (Phi) is 7.52. The van der Waals surface area contributed by atoms with Crippen molar-refractivity contribution in [2.75, 3.05) is 4.90 Å². The standard InChI is InChI=1S/C55H45N/c1-54(2)48-24-11-9-21-45(48)47-23-15-22-43(53(47)54)38-26-29-40(30-27-38)56(51-33-28-37-16-7-8-19-42(37)52(51)39-17-5-3-6-18-39)41-31-32-46-44-20-10-12-25-49(44)55(50(46)36-41)34-13-4-14-35-55/h3,5-12,15-33,36H,4,13-14,34-35H2,1-2H3. The van der Waals surface area contributed by atoms with E-state index in [0.717, 1.165) is 5.69 Å². The second-order valence-corrected chi connectivity index (χ2v) is 16.7. The van der Waals surface area contributed by atoms with Gasteiger partial charge in [-0.25, -0.2) is 0 Å². The van der Waals surface area contributed by atoms with Crippen LogP contribution < -0.4 is 4.90 Å². The molecule has 11 rings (SSSR count). The smallest absolute Gasteiger partial charge is 0.0546 e. The van der Waals surface area contributed by atoms with Crippen molar-refractivity contribution in [2.45, 2.75) is 56.8 Å². The van der Waals surface area contributed by atoms with E-state index in [1.165, 1.54) is 121 Å². The summed E-state index contributed by atoms with van der Waals surface area (Å²) in [5, 5.41) is 2.51. The minimum Gasteiger partial charge on any atom is -0.310 e. The van der Waals surface area contributed by atoms with Crippen LogP contribution in [0.25, 0.3) is 55.3 Å². The maximum Gasteiger partial charge on any atom is 0.0546 e. The van der Waals surface area contributed by atoms with Crippen molar-refractivity contribution in [1.82, 2.24) is 0 Å². The quantitative estimate of drug-likeness (QED) is 0.171. The van der Waals surface area contributed by atoms with Crippen LogP contribution >= 0.6 is 0 Å². The molecule has 1 nitrogen and oxygen atoms in total. The summed E-state index contributed by atoms with van der Waals surface area (Å²) in [5.74, 6) is 0. The van der Waals surface area contributed by atoms with Gasteiger partial charge in [0.05, 0.1) is 5.69 Å². The van der Waals surface area contributed by atoms with Gasteiger partial charge in [-0.1, -0.05) is 179 Å². The van der Waals surface area contributed by atoms with E-state index in [-0.39, 0.29) is 10.8 Å². The second-order valence-electron chi connectivity index (χ2n) is 16.7. The van der Waals surface area contributed by atoms with Crippen molar-refractivity contribution < 1.29 is 0 Å². The molecule has 3 aliphatic carbocycles. The lowest BCUT2D eigenvalue weighted by molar-refractivity contribution is 0.353. The number of rotatable bonds is 5. The Labute approximate surface area is 330 Å². The SMILES string of the molecule is CC1(C)c2ccccc2-c2cccc(-c3ccc(N(c4ccc5c(c4)C4(CCCCC4)c4ccccc4-5)c4ccc5ccccc5c4-c4ccccc4)cc3)c21. The third kappa shape index (κ3) is 4.86. The molecule has 1 heteroatoms. The molecule has 270 valence electrons. The van der Waals surface area contributed by atoms with Gasteiger partial charge in [-0.15, -0.1) is 0 Å². The van der Waals surface area contributed by atoms with E-state index < -0.39 is 0 Å². The van der Waals surface area contributed by atoms with Gasteiger partial charge in [0.1, 0.15) is 0 Å². The van der Waals surface area contributed by atoms with E-state index in [4.69, 9.17) is 0 Å². The molecule has 0 unspecified atom stereocenters. The molecule has 3 aliphatic rings. The molecular weight excluding hydrogens is 675 g/mol. The first-order chi connectivity index (χ1) is 27.5. The highest BCUT2D eigenvalue weighted by atomic mass is 15.1. The van der Waals surface area contributed by atoms with E-state index in [1.807, 2.05) is 0 Å². The van der Waals surface area contributed by atoms with E-state index in [1.54, 1.807) is 0 Å². The van der Waals surface area contributed by atoms with Gasteiger partial charge >= 0.3 is 0 Å². The van der Waals surface area contributed by atoms with E-state index in [0.29, 0.717) is 0 Å². The van der Waals surface area contributed by atoms with E-state index >= 15 is 0 Å². The van der Waals surface area contributed by atoms with Crippen molar-refractivity contribution in [3.8, 4) is 44.5 Å². The van der Waals surface area contributed by atoms with Crippen molar-refractivity contribution in [3.05, 3.63) is 198 Å². The van der Waals surface area contributed by atoms with Gasteiger partial charge in [0.25, 0.3) is 0 Å². The Balaban J connectivity index is 1.12. The number of nitrogens with zero attached hydrogens (tertiary/aromatic N) is 1. The van der Waals surface area contributed by atoms with Crippen LogP contribution in [-0.4, -0.2) is 0 Å². The summed E-state index contributed by atoms with van der Waals surface area (Å²) < 4.78 is 0. The van der Waals surface area contributed by atoms with E-state index in [2.05, 4.69) is 195 Å². The van der Waals surface area contributed by atoms with Gasteiger partial charge < -0.3 is 4.90 Å². The first-order valence-electron chi connectivity index (χ1n) is 20.5. The summed E-state index contributed by atoms with van der Waals surface area (Å²) >= 11 is 0. The summed E-state index contributed by atoms with van der Waals surface area (Å²) in [6.07, 6.45) is 6.29. The monoisotopic (exact) mass is 719 g/mol. The van der Waals surface area contributed by atoms with Crippen LogP contribution in [0.1, 0.15) is 68.2 Å². The van der Waals surface area contributed by atoms with Gasteiger partial charge in [-0.2, -0.15) is 0 Å². The maximum atomic E-state index is 2.56. The Morgan fingerprint density at radius 2 is 1.05 bits per heavy atom. The summed E-state index contributed by atoms with van der Waals surface area (Å²) in [6.45, 7) is 4.76. The molecular formula is C55H45N. The molecule has 1 spiro atoms. The highest BCUT2D eigenvalue weighted by Gasteiger charge is 2.44.